The fraction of sp³-hybridized carbons (Fsp3) is 0.625. The number of hydrogen-bond donors (Lipinski definition) is 0. The lowest BCUT2D eigenvalue weighted by Crippen LogP contribution is -2.55. The fourth-order valence-electron chi connectivity index (χ4n) is 5.99. The minimum atomic E-state index is -2.85. The smallest absolute Gasteiger partial charge is 0.333 e. The molecule has 53 heavy (non-hydrogen) atoms. The summed E-state index contributed by atoms with van der Waals surface area (Å²) in [4.78, 5) is 60.9. The number of hydrogen-bond acceptors (Lipinski definition) is 11. The standard InChI is InChI=1S/C40H66O11Si2/c1-30(2)35(41)46-23-14-15-29-53(13,51-52(11,12)28-19-27-50-39(45)34(9)10)40(20-16-24-47-36(42)31(3)4,21-17-25-48-37(43)32(5)6)22-18-26-49-38(44)33(7)8/h1,3,5,7,9,14-29H2,2,4,6,8,10-13H3. The fourth-order valence-corrected chi connectivity index (χ4v) is 17.1. The Morgan fingerprint density at radius 3 is 1.02 bits per heavy atom. The molecular formula is C40H66O11Si2. The van der Waals surface area contributed by atoms with Gasteiger partial charge in [-0.25, -0.2) is 24.0 Å². The van der Waals surface area contributed by atoms with Crippen LogP contribution >= 0.6 is 0 Å². The molecule has 300 valence electrons. The first-order valence-corrected chi connectivity index (χ1v) is 24.2. The van der Waals surface area contributed by atoms with E-state index in [1.165, 1.54) is 0 Å². The van der Waals surface area contributed by atoms with Crippen molar-refractivity contribution in [3.8, 4) is 0 Å². The maximum Gasteiger partial charge on any atom is 0.333 e. The maximum atomic E-state index is 12.3. The Kier molecular flexibility index (Phi) is 23.0. The number of rotatable bonds is 29. The van der Waals surface area contributed by atoms with E-state index in [9.17, 15) is 24.0 Å². The van der Waals surface area contributed by atoms with Crippen LogP contribution in [-0.4, -0.2) is 79.5 Å². The van der Waals surface area contributed by atoms with Gasteiger partial charge in [-0.15, -0.1) is 0 Å². The van der Waals surface area contributed by atoms with E-state index in [2.05, 4.69) is 52.5 Å². The lowest BCUT2D eigenvalue weighted by molar-refractivity contribution is -0.140. The summed E-state index contributed by atoms with van der Waals surface area (Å²) in [6.45, 7) is 34.0. The zero-order valence-corrected chi connectivity index (χ0v) is 35.8. The zero-order valence-electron chi connectivity index (χ0n) is 33.8. The van der Waals surface area contributed by atoms with E-state index in [4.69, 9.17) is 27.8 Å². The molecule has 13 heteroatoms. The van der Waals surface area contributed by atoms with Crippen LogP contribution < -0.4 is 0 Å². The first-order chi connectivity index (χ1) is 24.6. The van der Waals surface area contributed by atoms with Crippen LogP contribution in [0.3, 0.4) is 0 Å². The van der Waals surface area contributed by atoms with Crippen LogP contribution in [0.5, 0.6) is 0 Å². The minimum Gasteiger partial charge on any atom is -0.462 e. The molecule has 0 N–H and O–H groups in total. The molecule has 0 fully saturated rings. The van der Waals surface area contributed by atoms with Gasteiger partial charge < -0.3 is 27.8 Å². The van der Waals surface area contributed by atoms with Crippen molar-refractivity contribution in [3.63, 3.8) is 0 Å². The highest BCUT2D eigenvalue weighted by Crippen LogP contribution is 2.54. The Morgan fingerprint density at radius 1 is 0.434 bits per heavy atom. The second-order valence-corrected chi connectivity index (χ2v) is 23.7. The van der Waals surface area contributed by atoms with Crippen molar-refractivity contribution >= 4 is 46.5 Å². The van der Waals surface area contributed by atoms with Gasteiger partial charge in [-0.05, 0) is 123 Å². The van der Waals surface area contributed by atoms with Crippen LogP contribution in [0.2, 0.25) is 36.8 Å². The van der Waals surface area contributed by atoms with Gasteiger partial charge in [0, 0.05) is 27.9 Å². The van der Waals surface area contributed by atoms with Crippen LogP contribution in [0.4, 0.5) is 0 Å². The second kappa shape index (κ2) is 24.7. The molecule has 0 aromatic heterocycles. The highest BCUT2D eigenvalue weighted by Gasteiger charge is 2.52. The topological polar surface area (TPSA) is 141 Å². The number of unbranched alkanes of at least 4 members (excludes halogenated alkanes) is 1. The predicted molar refractivity (Wildman–Crippen MR) is 213 cm³/mol. The molecule has 0 aliphatic rings. The maximum absolute atomic E-state index is 12.3. The van der Waals surface area contributed by atoms with E-state index >= 15 is 0 Å². The lowest BCUT2D eigenvalue weighted by atomic mass is 9.91. The number of ether oxygens (including phenoxy) is 5. The quantitative estimate of drug-likeness (QED) is 0.0237. The number of esters is 5. The van der Waals surface area contributed by atoms with Crippen molar-refractivity contribution in [3.05, 3.63) is 60.8 Å². The highest BCUT2D eigenvalue weighted by molar-refractivity contribution is 6.87. The molecule has 0 saturated carbocycles. The van der Waals surface area contributed by atoms with Crippen molar-refractivity contribution in [2.75, 3.05) is 33.0 Å². The summed E-state index contributed by atoms with van der Waals surface area (Å²) >= 11 is 0. The third-order valence-electron chi connectivity index (χ3n) is 8.90. The molecule has 0 spiro atoms. The van der Waals surface area contributed by atoms with Crippen LogP contribution in [-0.2, 0) is 51.8 Å². The molecule has 11 nitrogen and oxygen atoms in total. The summed E-state index contributed by atoms with van der Waals surface area (Å²) in [6, 6.07) is 1.45. The summed E-state index contributed by atoms with van der Waals surface area (Å²) < 4.78 is 34.8. The Hall–Kier alpha value is -3.56. The monoisotopic (exact) mass is 778 g/mol. The lowest BCUT2D eigenvalue weighted by Gasteiger charge is -2.51. The van der Waals surface area contributed by atoms with Crippen molar-refractivity contribution < 1.29 is 51.8 Å². The average molecular weight is 779 g/mol. The molecule has 0 aliphatic heterocycles. The minimum absolute atomic E-state index is 0.180. The van der Waals surface area contributed by atoms with Gasteiger partial charge in [0.05, 0.1) is 33.0 Å². The molecule has 0 rings (SSSR count). The van der Waals surface area contributed by atoms with Gasteiger partial charge in [-0.2, -0.15) is 0 Å². The number of carbonyl (C=O) groups excluding carboxylic acids is 5. The molecule has 0 bridgehead atoms. The summed E-state index contributed by atoms with van der Waals surface area (Å²) in [5, 5.41) is -0.445. The summed E-state index contributed by atoms with van der Waals surface area (Å²) in [5.41, 5.74) is 1.61. The van der Waals surface area contributed by atoms with Gasteiger partial charge in [0.1, 0.15) is 0 Å². The molecule has 0 aliphatic carbocycles. The average Bonchev–Trinajstić information content (AvgIpc) is 3.06. The van der Waals surface area contributed by atoms with Crippen molar-refractivity contribution in [2.24, 2.45) is 0 Å². The Morgan fingerprint density at radius 2 is 0.717 bits per heavy atom. The molecule has 0 aromatic carbocycles. The van der Waals surface area contributed by atoms with Gasteiger partial charge in [0.25, 0.3) is 0 Å². The van der Waals surface area contributed by atoms with Crippen LogP contribution in [0.15, 0.2) is 60.8 Å². The first kappa shape index (κ1) is 49.4. The van der Waals surface area contributed by atoms with Gasteiger partial charge in [0.15, 0.2) is 16.6 Å². The first-order valence-electron chi connectivity index (χ1n) is 18.4. The molecule has 0 radical (unpaired) electrons. The third kappa shape index (κ3) is 19.9. The molecule has 0 saturated heterocycles. The van der Waals surface area contributed by atoms with E-state index < -0.39 is 51.5 Å². The Labute approximate surface area is 320 Å². The zero-order chi connectivity index (χ0) is 40.8. The molecule has 1 atom stereocenters. The SMILES string of the molecule is C=C(C)C(=O)OCCCC[Si](C)(O[Si](C)(C)CCCOC(=O)C(=C)C)C(CCCOC(=O)C(=C)C)(CCCOC(=O)C(=C)C)CCCOC(=O)C(=C)C. The van der Waals surface area contributed by atoms with Crippen LogP contribution in [0, 0.1) is 0 Å². The Balaban J connectivity index is 6.79. The molecule has 1 unspecified atom stereocenters. The van der Waals surface area contributed by atoms with Crippen molar-refractivity contribution in [2.45, 2.75) is 129 Å². The summed E-state index contributed by atoms with van der Waals surface area (Å²) in [7, 11) is -5.28. The predicted octanol–water partition coefficient (Wildman–Crippen LogP) is 8.63. The Bertz CT molecular complexity index is 1250. The number of carbonyl (C=O) groups is 5. The van der Waals surface area contributed by atoms with E-state index in [0.717, 1.165) is 12.1 Å². The highest BCUT2D eigenvalue weighted by atomic mass is 28.4. The van der Waals surface area contributed by atoms with Gasteiger partial charge in [-0.3, -0.25) is 0 Å². The second-order valence-electron chi connectivity index (χ2n) is 14.8. The largest absolute Gasteiger partial charge is 0.462 e. The normalized spacial score (nSPS) is 12.5. The molecule has 0 heterocycles. The molecule has 0 aromatic rings. The van der Waals surface area contributed by atoms with Crippen molar-refractivity contribution in [1.29, 1.82) is 0 Å². The molecule has 0 amide bonds. The van der Waals surface area contributed by atoms with E-state index in [-0.39, 0.29) is 33.0 Å². The van der Waals surface area contributed by atoms with Crippen molar-refractivity contribution in [1.82, 2.24) is 0 Å². The van der Waals surface area contributed by atoms with Crippen LogP contribution in [0.1, 0.15) is 92.4 Å². The van der Waals surface area contributed by atoms with Crippen LogP contribution in [0.25, 0.3) is 0 Å². The summed E-state index contributed by atoms with van der Waals surface area (Å²) in [5.74, 6) is -2.25. The van der Waals surface area contributed by atoms with E-state index in [1.807, 2.05) is 0 Å². The van der Waals surface area contributed by atoms with Gasteiger partial charge in [-0.1, -0.05) is 39.3 Å². The summed E-state index contributed by atoms with van der Waals surface area (Å²) in [6.07, 6.45) is 5.47. The van der Waals surface area contributed by atoms with Gasteiger partial charge >= 0.3 is 29.8 Å². The van der Waals surface area contributed by atoms with Gasteiger partial charge in [0.2, 0.25) is 0 Å². The third-order valence-corrected chi connectivity index (χ3v) is 18.8. The van der Waals surface area contributed by atoms with E-state index in [0.29, 0.717) is 85.7 Å². The van der Waals surface area contributed by atoms with E-state index in [1.54, 1.807) is 34.6 Å². The molecular weight excluding hydrogens is 713 g/mol.